The molecule has 2 rings (SSSR count). The van der Waals surface area contributed by atoms with E-state index in [9.17, 15) is 19.2 Å². The maximum absolute atomic E-state index is 11.8. The summed E-state index contributed by atoms with van der Waals surface area (Å²) in [6, 6.07) is 0. The molecular weight excluding hydrogens is 432 g/mol. The number of esters is 4. The average Bonchev–Trinajstić information content (AvgIpc) is 3.00. The van der Waals surface area contributed by atoms with Gasteiger partial charge in [-0.3, -0.25) is 19.2 Å². The zero-order valence-corrected chi connectivity index (χ0v) is 19.0. The van der Waals surface area contributed by atoms with E-state index in [1.54, 1.807) is 13.8 Å². The molecule has 0 aromatic rings. The lowest BCUT2D eigenvalue weighted by atomic mass is 9.98. The maximum Gasteiger partial charge on any atom is 0.303 e. The first-order chi connectivity index (χ1) is 14.9. The zero-order chi connectivity index (χ0) is 24.1. The summed E-state index contributed by atoms with van der Waals surface area (Å²) in [6.45, 7) is 8.09. The van der Waals surface area contributed by atoms with E-state index in [1.165, 1.54) is 6.92 Å². The van der Waals surface area contributed by atoms with Crippen molar-refractivity contribution in [1.29, 1.82) is 0 Å². The predicted octanol–water partition coefficient (Wildman–Crippen LogP) is 0.238. The van der Waals surface area contributed by atoms with E-state index in [2.05, 4.69) is 0 Å². The average molecular weight is 462 g/mol. The van der Waals surface area contributed by atoms with Crippen molar-refractivity contribution in [3.05, 3.63) is 0 Å². The first-order valence-corrected chi connectivity index (χ1v) is 10.1. The normalized spacial score (nSPS) is 31.4. The summed E-state index contributed by atoms with van der Waals surface area (Å²) in [5.74, 6) is -3.51. The highest BCUT2D eigenvalue weighted by Crippen LogP contribution is 2.31. The number of hydrogen-bond acceptors (Lipinski definition) is 12. The second-order valence-corrected chi connectivity index (χ2v) is 7.85. The van der Waals surface area contributed by atoms with Gasteiger partial charge in [-0.2, -0.15) is 0 Å². The van der Waals surface area contributed by atoms with Gasteiger partial charge in [0.2, 0.25) is 0 Å². The van der Waals surface area contributed by atoms with Crippen LogP contribution in [0.15, 0.2) is 0 Å². The molecule has 0 bridgehead atoms. The minimum atomic E-state index is -1.28. The van der Waals surface area contributed by atoms with Crippen molar-refractivity contribution in [2.24, 2.45) is 0 Å². The van der Waals surface area contributed by atoms with Crippen molar-refractivity contribution in [3.63, 3.8) is 0 Å². The Hall–Kier alpha value is -2.28. The highest BCUT2D eigenvalue weighted by atomic mass is 16.8. The van der Waals surface area contributed by atoms with Crippen LogP contribution in [0.25, 0.3) is 0 Å². The smallest absolute Gasteiger partial charge is 0.303 e. The van der Waals surface area contributed by atoms with Crippen molar-refractivity contribution in [2.75, 3.05) is 19.8 Å². The fourth-order valence-corrected chi connectivity index (χ4v) is 3.37. The van der Waals surface area contributed by atoms with Crippen LogP contribution in [-0.4, -0.2) is 86.3 Å². The Morgan fingerprint density at radius 3 is 1.88 bits per heavy atom. The molecule has 2 heterocycles. The monoisotopic (exact) mass is 462 g/mol. The Morgan fingerprint density at radius 1 is 0.812 bits per heavy atom. The third-order valence-electron chi connectivity index (χ3n) is 4.46. The summed E-state index contributed by atoms with van der Waals surface area (Å²) in [5, 5.41) is 0. The van der Waals surface area contributed by atoms with Gasteiger partial charge in [0.05, 0.1) is 13.2 Å². The molecule has 2 saturated heterocycles. The number of carbonyl (C=O) groups is 4. The van der Waals surface area contributed by atoms with Crippen LogP contribution in [0.1, 0.15) is 41.5 Å². The molecule has 32 heavy (non-hydrogen) atoms. The minimum absolute atomic E-state index is 0.00281. The highest BCUT2D eigenvalue weighted by molar-refractivity contribution is 5.68. The van der Waals surface area contributed by atoms with Crippen molar-refractivity contribution in [1.82, 2.24) is 0 Å². The van der Waals surface area contributed by atoms with Crippen LogP contribution in [0, 0.1) is 0 Å². The van der Waals surface area contributed by atoms with Gasteiger partial charge in [0.25, 0.3) is 0 Å². The molecule has 0 aromatic heterocycles. The van der Waals surface area contributed by atoms with Gasteiger partial charge in [0.1, 0.15) is 18.8 Å². The number of ether oxygens (including phenoxy) is 8. The zero-order valence-electron chi connectivity index (χ0n) is 19.0. The summed E-state index contributed by atoms with van der Waals surface area (Å²) >= 11 is 0. The third kappa shape index (κ3) is 7.69. The largest absolute Gasteiger partial charge is 0.463 e. The second-order valence-electron chi connectivity index (χ2n) is 7.85. The van der Waals surface area contributed by atoms with Crippen LogP contribution in [0.2, 0.25) is 0 Å². The Balaban J connectivity index is 2.28. The van der Waals surface area contributed by atoms with E-state index in [4.69, 9.17) is 37.9 Å². The molecule has 0 spiro atoms. The lowest BCUT2D eigenvalue weighted by molar-refractivity contribution is -0.311. The van der Waals surface area contributed by atoms with E-state index < -0.39 is 66.5 Å². The summed E-state index contributed by atoms with van der Waals surface area (Å²) in [7, 11) is 0. The topological polar surface area (TPSA) is 142 Å². The summed E-state index contributed by atoms with van der Waals surface area (Å²) in [4.78, 5) is 46.6. The van der Waals surface area contributed by atoms with Gasteiger partial charge in [-0.25, -0.2) is 0 Å². The lowest BCUT2D eigenvalue weighted by Gasteiger charge is -2.44. The molecular formula is C20H30O12. The molecule has 12 nitrogen and oxygen atoms in total. The number of rotatable bonds is 8. The van der Waals surface area contributed by atoms with Crippen LogP contribution in [-0.2, 0) is 57.1 Å². The van der Waals surface area contributed by atoms with E-state index >= 15 is 0 Å². The quantitative estimate of drug-likeness (QED) is 0.360. The van der Waals surface area contributed by atoms with Gasteiger partial charge in [-0.15, -0.1) is 0 Å². The lowest BCUT2D eigenvalue weighted by Crippen LogP contribution is -2.63. The summed E-state index contributed by atoms with van der Waals surface area (Å²) in [6.07, 6.45) is -6.53. The SMILES string of the molecule is CC(=O)OCC1O[C@@H](OCC2COC(C)(C)O2)C(OC(C)=O)[C@@H](OC(C)=O)[C@@H]1OC(C)=O. The van der Waals surface area contributed by atoms with Crippen molar-refractivity contribution in [3.8, 4) is 0 Å². The Labute approximate surface area is 185 Å². The fourth-order valence-electron chi connectivity index (χ4n) is 3.37. The van der Waals surface area contributed by atoms with Gasteiger partial charge < -0.3 is 37.9 Å². The van der Waals surface area contributed by atoms with E-state index in [1.807, 2.05) is 0 Å². The summed E-state index contributed by atoms with van der Waals surface area (Å²) < 4.78 is 43.8. The van der Waals surface area contributed by atoms with Crippen LogP contribution in [0.3, 0.4) is 0 Å². The molecule has 2 aliphatic heterocycles. The van der Waals surface area contributed by atoms with E-state index in [-0.39, 0.29) is 19.8 Å². The van der Waals surface area contributed by atoms with Crippen molar-refractivity contribution >= 4 is 23.9 Å². The predicted molar refractivity (Wildman–Crippen MR) is 103 cm³/mol. The van der Waals surface area contributed by atoms with Gasteiger partial charge in [-0.1, -0.05) is 0 Å². The standard InChI is InChI=1S/C20H30O12/c1-10(21)25-9-15-16(28-11(2)22)17(29-12(3)23)18(30-13(4)24)19(31-15)26-7-14-8-27-20(5,6)32-14/h14-19H,7-9H2,1-6H3/t14?,15?,16-,17+,18?,19-/m1/s1. The molecule has 12 heteroatoms. The maximum atomic E-state index is 11.8. The van der Waals surface area contributed by atoms with Crippen molar-refractivity contribution in [2.45, 2.75) is 84.1 Å². The molecule has 6 atom stereocenters. The molecule has 0 aromatic carbocycles. The van der Waals surface area contributed by atoms with E-state index in [0.717, 1.165) is 20.8 Å². The molecule has 0 saturated carbocycles. The highest BCUT2D eigenvalue weighted by Gasteiger charge is 2.53. The first kappa shape index (κ1) is 26.0. The number of hydrogen-bond donors (Lipinski definition) is 0. The molecule has 3 unspecified atom stereocenters. The van der Waals surface area contributed by atoms with Crippen molar-refractivity contribution < 1.29 is 57.1 Å². The summed E-state index contributed by atoms with van der Waals surface area (Å²) in [5.41, 5.74) is 0. The number of carbonyl (C=O) groups excluding carboxylic acids is 4. The minimum Gasteiger partial charge on any atom is -0.463 e. The molecule has 0 amide bonds. The fraction of sp³-hybridized carbons (Fsp3) is 0.800. The first-order valence-electron chi connectivity index (χ1n) is 10.1. The second kappa shape index (κ2) is 11.0. The van der Waals surface area contributed by atoms with Crippen LogP contribution < -0.4 is 0 Å². The Kier molecular flexibility index (Phi) is 8.96. The van der Waals surface area contributed by atoms with Gasteiger partial charge in [0, 0.05) is 27.7 Å². The van der Waals surface area contributed by atoms with Gasteiger partial charge >= 0.3 is 23.9 Å². The Morgan fingerprint density at radius 2 is 1.38 bits per heavy atom. The molecule has 2 fully saturated rings. The molecule has 0 radical (unpaired) electrons. The molecule has 0 N–H and O–H groups in total. The molecule has 2 aliphatic rings. The van der Waals surface area contributed by atoms with Gasteiger partial charge in [0.15, 0.2) is 30.4 Å². The van der Waals surface area contributed by atoms with Crippen LogP contribution in [0.4, 0.5) is 0 Å². The van der Waals surface area contributed by atoms with Crippen LogP contribution >= 0.6 is 0 Å². The molecule has 0 aliphatic carbocycles. The van der Waals surface area contributed by atoms with E-state index in [0.29, 0.717) is 0 Å². The Bertz CT molecular complexity index is 705. The van der Waals surface area contributed by atoms with Gasteiger partial charge in [-0.05, 0) is 13.8 Å². The third-order valence-corrected chi connectivity index (χ3v) is 4.46. The molecule has 182 valence electrons. The van der Waals surface area contributed by atoms with Crippen LogP contribution in [0.5, 0.6) is 0 Å².